The first-order valence-electron chi connectivity index (χ1n) is 6.68. The zero-order valence-corrected chi connectivity index (χ0v) is 14.0. The number of rotatable bonds is 6. The van der Waals surface area contributed by atoms with Crippen LogP contribution in [0.15, 0.2) is 4.90 Å². The maximum atomic E-state index is 11.9. The molecule has 8 heteroatoms. The maximum Gasteiger partial charge on any atom is 0.350 e. The van der Waals surface area contributed by atoms with Crippen molar-refractivity contribution in [2.75, 3.05) is 31.0 Å². The molecule has 3 N–H and O–H groups in total. The van der Waals surface area contributed by atoms with Gasteiger partial charge in [-0.1, -0.05) is 6.92 Å². The number of anilines is 2. The maximum absolute atomic E-state index is 11.9. The first-order valence-corrected chi connectivity index (χ1v) is 9.39. The molecule has 0 aliphatic heterocycles. The minimum atomic E-state index is -3.52. The number of carbonyl (C=O) groups is 1. The third-order valence-electron chi connectivity index (χ3n) is 3.97. The number of sulfone groups is 1. The van der Waals surface area contributed by atoms with Gasteiger partial charge in [-0.2, -0.15) is 0 Å². The molecule has 118 valence electrons. The summed E-state index contributed by atoms with van der Waals surface area (Å²) in [6, 6.07) is 0. The van der Waals surface area contributed by atoms with Crippen molar-refractivity contribution >= 4 is 37.8 Å². The Morgan fingerprint density at radius 2 is 2.10 bits per heavy atom. The van der Waals surface area contributed by atoms with Crippen LogP contribution >= 0.6 is 11.3 Å². The number of nitrogen functional groups attached to an aromatic ring is 1. The zero-order valence-electron chi connectivity index (χ0n) is 12.4. The fourth-order valence-electron chi connectivity index (χ4n) is 2.26. The number of carbonyl (C=O) groups excluding carboxylic acids is 1. The molecule has 0 atom stereocenters. The van der Waals surface area contributed by atoms with Crippen molar-refractivity contribution in [1.29, 1.82) is 0 Å². The lowest BCUT2D eigenvalue weighted by Crippen LogP contribution is -2.15. The highest BCUT2D eigenvalue weighted by Crippen LogP contribution is 2.49. The molecule has 0 bridgehead atoms. The van der Waals surface area contributed by atoms with E-state index in [9.17, 15) is 13.2 Å². The van der Waals surface area contributed by atoms with Crippen molar-refractivity contribution in [2.45, 2.75) is 31.1 Å². The summed E-state index contributed by atoms with van der Waals surface area (Å²) >= 11 is 1.03. The minimum absolute atomic E-state index is 0.000182. The van der Waals surface area contributed by atoms with Crippen LogP contribution in [0.25, 0.3) is 0 Å². The molecule has 0 saturated heterocycles. The van der Waals surface area contributed by atoms with Gasteiger partial charge in [-0.25, -0.2) is 13.2 Å². The highest BCUT2D eigenvalue weighted by atomic mass is 32.2. The van der Waals surface area contributed by atoms with E-state index in [1.165, 1.54) is 7.11 Å². The summed E-state index contributed by atoms with van der Waals surface area (Å²) in [6.45, 7) is 2.81. The van der Waals surface area contributed by atoms with Gasteiger partial charge in [-0.3, -0.25) is 0 Å². The molecule has 0 radical (unpaired) electrons. The summed E-state index contributed by atoms with van der Waals surface area (Å²) in [4.78, 5) is 11.8. The van der Waals surface area contributed by atoms with Gasteiger partial charge in [0.15, 0.2) is 9.84 Å². The van der Waals surface area contributed by atoms with Crippen LogP contribution in [0.4, 0.5) is 10.7 Å². The first-order chi connectivity index (χ1) is 9.74. The van der Waals surface area contributed by atoms with Gasteiger partial charge in [0, 0.05) is 12.8 Å². The fraction of sp³-hybridized carbons (Fsp3) is 0.615. The summed E-state index contributed by atoms with van der Waals surface area (Å²) in [5, 5.41) is 3.59. The molecular weight excluding hydrogens is 312 g/mol. The van der Waals surface area contributed by atoms with E-state index in [1.807, 2.05) is 0 Å². The van der Waals surface area contributed by atoms with Crippen LogP contribution in [-0.4, -0.2) is 34.3 Å². The second kappa shape index (κ2) is 5.49. The predicted molar refractivity (Wildman–Crippen MR) is 83.6 cm³/mol. The average molecular weight is 332 g/mol. The van der Waals surface area contributed by atoms with Crippen LogP contribution in [-0.2, 0) is 14.6 Å². The Kier molecular flexibility index (Phi) is 4.21. The lowest BCUT2D eigenvalue weighted by molar-refractivity contribution is 0.0607. The molecule has 1 fully saturated rings. The molecule has 0 unspecified atom stereocenters. The number of hydrogen-bond acceptors (Lipinski definition) is 7. The van der Waals surface area contributed by atoms with E-state index >= 15 is 0 Å². The summed E-state index contributed by atoms with van der Waals surface area (Å²) in [5.41, 5.74) is 6.06. The number of ether oxygens (including phenoxy) is 1. The molecule has 0 amide bonds. The molecule has 0 spiro atoms. The lowest BCUT2D eigenvalue weighted by Gasteiger charge is -2.14. The number of methoxy groups -OCH3 is 1. The fourth-order valence-corrected chi connectivity index (χ4v) is 4.74. The molecule has 21 heavy (non-hydrogen) atoms. The standard InChI is InChI=1S/C13H20N2O4S2/c1-4-13(5-6-13)7-15-11-10(21(3,17)18)8(14)9(20-11)12(16)19-2/h15H,4-7,14H2,1-3H3. The van der Waals surface area contributed by atoms with E-state index in [4.69, 9.17) is 5.73 Å². The van der Waals surface area contributed by atoms with Crippen molar-refractivity contribution in [3.05, 3.63) is 4.88 Å². The van der Waals surface area contributed by atoms with Crippen LogP contribution in [0.1, 0.15) is 35.9 Å². The van der Waals surface area contributed by atoms with E-state index in [0.717, 1.165) is 36.9 Å². The van der Waals surface area contributed by atoms with Crippen LogP contribution in [0.2, 0.25) is 0 Å². The smallest absolute Gasteiger partial charge is 0.350 e. The first kappa shape index (κ1) is 16.1. The van der Waals surface area contributed by atoms with Gasteiger partial charge in [0.05, 0.1) is 12.8 Å². The third-order valence-corrected chi connectivity index (χ3v) is 6.41. The predicted octanol–water partition coefficient (Wildman–Crippen LogP) is 2.12. The highest BCUT2D eigenvalue weighted by Gasteiger charge is 2.41. The zero-order chi connectivity index (χ0) is 15.8. The largest absolute Gasteiger partial charge is 0.465 e. The minimum Gasteiger partial charge on any atom is -0.465 e. The van der Waals surface area contributed by atoms with Crippen molar-refractivity contribution in [2.24, 2.45) is 5.41 Å². The second-order valence-electron chi connectivity index (χ2n) is 5.47. The van der Waals surface area contributed by atoms with Crippen molar-refractivity contribution in [1.82, 2.24) is 0 Å². The number of thiophene rings is 1. The molecule has 1 heterocycles. The molecule has 1 saturated carbocycles. The Balaban J connectivity index is 2.37. The van der Waals surface area contributed by atoms with Gasteiger partial charge in [0.1, 0.15) is 14.8 Å². The van der Waals surface area contributed by atoms with Crippen LogP contribution in [0.3, 0.4) is 0 Å². The number of hydrogen-bond donors (Lipinski definition) is 2. The molecule has 1 aliphatic rings. The summed E-state index contributed by atoms with van der Waals surface area (Å²) in [6.07, 6.45) is 4.40. The summed E-state index contributed by atoms with van der Waals surface area (Å²) in [7, 11) is -2.28. The molecule has 2 rings (SSSR count). The van der Waals surface area contributed by atoms with Gasteiger partial charge in [-0.15, -0.1) is 11.3 Å². The summed E-state index contributed by atoms with van der Waals surface area (Å²) in [5.74, 6) is -0.618. The molecule has 1 aliphatic carbocycles. The van der Waals surface area contributed by atoms with Crippen LogP contribution in [0.5, 0.6) is 0 Å². The molecule has 1 aromatic rings. The van der Waals surface area contributed by atoms with E-state index in [-0.39, 0.29) is 20.9 Å². The van der Waals surface area contributed by atoms with Gasteiger partial charge in [0.2, 0.25) is 0 Å². The highest BCUT2D eigenvalue weighted by molar-refractivity contribution is 7.91. The topological polar surface area (TPSA) is 98.5 Å². The molecule has 0 aromatic carbocycles. The van der Waals surface area contributed by atoms with Crippen molar-refractivity contribution in [3.63, 3.8) is 0 Å². The Labute approximate surface area is 128 Å². The average Bonchev–Trinajstić information content (AvgIpc) is 3.12. The molecule has 6 nitrogen and oxygen atoms in total. The number of nitrogens with one attached hydrogen (secondary N) is 1. The Morgan fingerprint density at radius 1 is 1.48 bits per heavy atom. The van der Waals surface area contributed by atoms with E-state index < -0.39 is 15.8 Å². The molecule has 1 aromatic heterocycles. The van der Waals surface area contributed by atoms with E-state index in [0.29, 0.717) is 11.5 Å². The van der Waals surface area contributed by atoms with Gasteiger partial charge in [0.25, 0.3) is 0 Å². The van der Waals surface area contributed by atoms with Crippen molar-refractivity contribution in [3.8, 4) is 0 Å². The second-order valence-corrected chi connectivity index (χ2v) is 8.45. The van der Waals surface area contributed by atoms with Crippen LogP contribution in [0, 0.1) is 5.41 Å². The van der Waals surface area contributed by atoms with Gasteiger partial charge >= 0.3 is 5.97 Å². The van der Waals surface area contributed by atoms with Gasteiger partial charge < -0.3 is 15.8 Å². The van der Waals surface area contributed by atoms with Crippen LogP contribution < -0.4 is 11.1 Å². The normalized spacial score (nSPS) is 16.5. The Bertz CT molecular complexity index is 660. The molecular formula is C13H20N2O4S2. The summed E-state index contributed by atoms with van der Waals surface area (Å²) < 4.78 is 28.5. The lowest BCUT2D eigenvalue weighted by atomic mass is 10.0. The Hall–Kier alpha value is -1.28. The van der Waals surface area contributed by atoms with E-state index in [1.54, 1.807) is 0 Å². The third kappa shape index (κ3) is 3.16. The quantitative estimate of drug-likeness (QED) is 0.774. The number of esters is 1. The van der Waals surface area contributed by atoms with Crippen molar-refractivity contribution < 1.29 is 17.9 Å². The number of nitrogens with two attached hydrogens (primary N) is 1. The van der Waals surface area contributed by atoms with E-state index in [2.05, 4.69) is 17.0 Å². The Morgan fingerprint density at radius 3 is 2.52 bits per heavy atom. The van der Waals surface area contributed by atoms with Gasteiger partial charge in [-0.05, 0) is 24.7 Å². The monoisotopic (exact) mass is 332 g/mol. The SMILES string of the molecule is CCC1(CNc2sc(C(=O)OC)c(N)c2S(C)(=O)=O)CC1.